The zero-order valence-electron chi connectivity index (χ0n) is 12.4. The summed E-state index contributed by atoms with van der Waals surface area (Å²) >= 11 is 0. The van der Waals surface area contributed by atoms with Gasteiger partial charge in [0, 0.05) is 11.7 Å². The molecule has 2 heteroatoms. The van der Waals surface area contributed by atoms with Gasteiger partial charge in [-0.25, -0.2) is 4.39 Å². The third-order valence-electron chi connectivity index (χ3n) is 5.75. The van der Waals surface area contributed by atoms with Crippen LogP contribution in [0.3, 0.4) is 0 Å². The molecule has 1 nitrogen and oxygen atoms in total. The van der Waals surface area contributed by atoms with Crippen molar-refractivity contribution >= 4 is 5.69 Å². The maximum atomic E-state index is 13.7. The van der Waals surface area contributed by atoms with Crippen molar-refractivity contribution in [3.8, 4) is 0 Å². The first kappa shape index (κ1) is 13.0. The first-order valence-corrected chi connectivity index (χ1v) is 7.36. The van der Waals surface area contributed by atoms with E-state index >= 15 is 0 Å². The highest BCUT2D eigenvalue weighted by atomic mass is 19.1. The normalized spacial score (nSPS) is 35.6. The van der Waals surface area contributed by atoms with Gasteiger partial charge in [0.1, 0.15) is 5.82 Å². The number of nitrogens with one attached hydrogen (secondary N) is 1. The number of benzene rings is 1. The number of hydrogen-bond donors (Lipinski definition) is 1. The van der Waals surface area contributed by atoms with Gasteiger partial charge >= 0.3 is 0 Å². The first-order chi connectivity index (χ1) is 8.83. The molecule has 0 spiro atoms. The highest BCUT2D eigenvalue weighted by Crippen LogP contribution is 2.63. The van der Waals surface area contributed by atoms with Crippen molar-refractivity contribution in [2.75, 3.05) is 5.32 Å². The Balaban J connectivity index is 1.88. The van der Waals surface area contributed by atoms with Crippen LogP contribution in [0, 0.1) is 29.5 Å². The second kappa shape index (κ2) is 3.97. The molecule has 2 fully saturated rings. The van der Waals surface area contributed by atoms with Crippen LogP contribution in [0.4, 0.5) is 10.1 Å². The maximum Gasteiger partial charge on any atom is 0.128 e. The molecule has 3 atom stereocenters. The van der Waals surface area contributed by atoms with E-state index in [-0.39, 0.29) is 5.82 Å². The second-order valence-corrected chi connectivity index (χ2v) is 7.46. The van der Waals surface area contributed by atoms with Crippen molar-refractivity contribution in [3.63, 3.8) is 0 Å². The van der Waals surface area contributed by atoms with Crippen LogP contribution in [-0.4, -0.2) is 6.04 Å². The van der Waals surface area contributed by atoms with Gasteiger partial charge in [-0.1, -0.05) is 26.8 Å². The van der Waals surface area contributed by atoms with E-state index in [1.807, 2.05) is 19.1 Å². The lowest BCUT2D eigenvalue weighted by Gasteiger charge is -2.43. The summed E-state index contributed by atoms with van der Waals surface area (Å²) in [6.07, 6.45) is 3.96. The van der Waals surface area contributed by atoms with Crippen LogP contribution in [0.25, 0.3) is 0 Å². The molecular weight excluding hydrogens is 237 g/mol. The van der Waals surface area contributed by atoms with Crippen molar-refractivity contribution in [1.82, 2.24) is 0 Å². The Kier molecular flexibility index (Phi) is 2.71. The van der Waals surface area contributed by atoms with Crippen molar-refractivity contribution in [2.24, 2.45) is 16.7 Å². The highest BCUT2D eigenvalue weighted by molar-refractivity contribution is 5.47. The van der Waals surface area contributed by atoms with Gasteiger partial charge in [-0.2, -0.15) is 0 Å². The Morgan fingerprint density at radius 1 is 1.26 bits per heavy atom. The van der Waals surface area contributed by atoms with E-state index in [9.17, 15) is 4.39 Å². The molecule has 0 heterocycles. The molecule has 1 aromatic carbocycles. The lowest BCUT2D eigenvalue weighted by atomic mass is 9.68. The molecule has 2 saturated carbocycles. The standard InChI is InChI=1S/C17H24FN/c1-11-5-6-13(9-14(11)18)19-15-16(2,3)12-7-8-17(15,4)10-12/h5-6,9,12,15,19H,7-8,10H2,1-4H3/t12-,15?,17+/m0/s1. The molecule has 1 N–H and O–H groups in total. The van der Waals surface area contributed by atoms with Crippen molar-refractivity contribution in [2.45, 2.75) is 53.0 Å². The fraction of sp³-hybridized carbons (Fsp3) is 0.647. The quantitative estimate of drug-likeness (QED) is 0.809. The number of fused-ring (bicyclic) bond motifs is 2. The van der Waals surface area contributed by atoms with E-state index in [1.54, 1.807) is 6.07 Å². The van der Waals surface area contributed by atoms with Gasteiger partial charge in [-0.05, 0) is 60.6 Å². The topological polar surface area (TPSA) is 12.0 Å². The largest absolute Gasteiger partial charge is 0.381 e. The molecule has 2 bridgehead atoms. The number of rotatable bonds is 2. The van der Waals surface area contributed by atoms with E-state index < -0.39 is 0 Å². The first-order valence-electron chi connectivity index (χ1n) is 7.36. The molecule has 1 aromatic rings. The summed E-state index contributed by atoms with van der Waals surface area (Å²) in [6, 6.07) is 5.95. The molecule has 2 aliphatic rings. The van der Waals surface area contributed by atoms with Crippen LogP contribution in [-0.2, 0) is 0 Å². The van der Waals surface area contributed by atoms with E-state index in [0.29, 0.717) is 22.4 Å². The number of halogens is 1. The SMILES string of the molecule is Cc1ccc(NC2C(C)(C)[C@H]3CC[C@]2(C)C3)cc1F. The smallest absolute Gasteiger partial charge is 0.128 e. The predicted molar refractivity (Wildman–Crippen MR) is 77.8 cm³/mol. The average Bonchev–Trinajstić information content (AvgIpc) is 2.80. The molecule has 2 aliphatic carbocycles. The zero-order chi connectivity index (χ0) is 13.8. The van der Waals surface area contributed by atoms with Gasteiger partial charge in [-0.3, -0.25) is 0 Å². The lowest BCUT2D eigenvalue weighted by Crippen LogP contribution is -2.45. The Labute approximate surface area is 115 Å². The Morgan fingerprint density at radius 3 is 2.58 bits per heavy atom. The van der Waals surface area contributed by atoms with Gasteiger partial charge in [0.2, 0.25) is 0 Å². The Morgan fingerprint density at radius 2 is 2.00 bits per heavy atom. The summed E-state index contributed by atoms with van der Waals surface area (Å²) in [4.78, 5) is 0. The number of hydrogen-bond acceptors (Lipinski definition) is 1. The molecule has 104 valence electrons. The zero-order valence-corrected chi connectivity index (χ0v) is 12.4. The monoisotopic (exact) mass is 261 g/mol. The van der Waals surface area contributed by atoms with Crippen LogP contribution in [0.5, 0.6) is 0 Å². The van der Waals surface area contributed by atoms with Gasteiger partial charge in [-0.15, -0.1) is 0 Å². The molecule has 3 rings (SSSR count). The Bertz CT molecular complexity index is 503. The van der Waals surface area contributed by atoms with Crippen LogP contribution >= 0.6 is 0 Å². The van der Waals surface area contributed by atoms with E-state index in [4.69, 9.17) is 0 Å². The highest BCUT2D eigenvalue weighted by Gasteiger charge is 2.59. The maximum absolute atomic E-state index is 13.7. The van der Waals surface area contributed by atoms with Gasteiger partial charge in [0.05, 0.1) is 0 Å². The van der Waals surface area contributed by atoms with Crippen LogP contribution in [0.15, 0.2) is 18.2 Å². The minimum absolute atomic E-state index is 0.115. The lowest BCUT2D eigenvalue weighted by molar-refractivity contribution is 0.155. The van der Waals surface area contributed by atoms with Gasteiger partial charge in [0.25, 0.3) is 0 Å². The minimum atomic E-state index is -0.115. The van der Waals surface area contributed by atoms with Crippen molar-refractivity contribution < 1.29 is 4.39 Å². The van der Waals surface area contributed by atoms with Crippen molar-refractivity contribution in [3.05, 3.63) is 29.6 Å². The Hall–Kier alpha value is -1.05. The molecule has 0 radical (unpaired) electrons. The summed E-state index contributed by atoms with van der Waals surface area (Å²) in [5.41, 5.74) is 2.31. The van der Waals surface area contributed by atoms with E-state index in [1.165, 1.54) is 19.3 Å². The fourth-order valence-corrected chi connectivity index (χ4v) is 4.51. The van der Waals surface area contributed by atoms with Gasteiger partial charge < -0.3 is 5.32 Å². The molecule has 0 aliphatic heterocycles. The molecule has 0 saturated heterocycles. The summed E-state index contributed by atoms with van der Waals surface area (Å²) in [5, 5.41) is 3.63. The van der Waals surface area contributed by atoms with Gasteiger partial charge in [0.15, 0.2) is 0 Å². The molecule has 19 heavy (non-hydrogen) atoms. The fourth-order valence-electron chi connectivity index (χ4n) is 4.51. The van der Waals surface area contributed by atoms with Crippen LogP contribution in [0.2, 0.25) is 0 Å². The van der Waals surface area contributed by atoms with Crippen LogP contribution < -0.4 is 5.32 Å². The minimum Gasteiger partial charge on any atom is -0.381 e. The summed E-state index contributed by atoms with van der Waals surface area (Å²) in [6.45, 7) is 8.93. The van der Waals surface area contributed by atoms with Crippen LogP contribution in [0.1, 0.15) is 45.6 Å². The van der Waals surface area contributed by atoms with E-state index in [2.05, 4.69) is 26.1 Å². The summed E-state index contributed by atoms with van der Waals surface area (Å²) in [5.74, 6) is 0.696. The second-order valence-electron chi connectivity index (χ2n) is 7.46. The predicted octanol–water partition coefficient (Wildman–Crippen LogP) is 4.76. The molecular formula is C17H24FN. The van der Waals surface area contributed by atoms with E-state index in [0.717, 1.165) is 11.6 Å². The third kappa shape index (κ3) is 1.87. The molecule has 1 unspecified atom stereocenters. The third-order valence-corrected chi connectivity index (χ3v) is 5.75. The van der Waals surface area contributed by atoms with Crippen molar-refractivity contribution in [1.29, 1.82) is 0 Å². The number of anilines is 1. The number of aryl methyl sites for hydroxylation is 1. The summed E-state index contributed by atoms with van der Waals surface area (Å²) < 4.78 is 13.7. The summed E-state index contributed by atoms with van der Waals surface area (Å²) in [7, 11) is 0. The molecule has 0 amide bonds. The molecule has 0 aromatic heterocycles. The average molecular weight is 261 g/mol.